The van der Waals surface area contributed by atoms with Crippen LogP contribution in [0.1, 0.15) is 32.3 Å². The first-order chi connectivity index (χ1) is 7.27. The van der Waals surface area contributed by atoms with Gasteiger partial charge in [0.2, 0.25) is 0 Å². The van der Waals surface area contributed by atoms with Crippen LogP contribution in [0.4, 0.5) is 0 Å². The Labute approximate surface area is 91.8 Å². The zero-order valence-electron chi connectivity index (χ0n) is 9.49. The van der Waals surface area contributed by atoms with E-state index in [4.69, 9.17) is 0 Å². The van der Waals surface area contributed by atoms with Crippen LogP contribution < -0.4 is 0 Å². The Morgan fingerprint density at radius 2 is 1.93 bits per heavy atom. The predicted octanol–water partition coefficient (Wildman–Crippen LogP) is 3.54. The summed E-state index contributed by atoms with van der Waals surface area (Å²) in [5, 5.41) is 0. The van der Waals surface area contributed by atoms with E-state index < -0.39 is 0 Å². The summed E-state index contributed by atoms with van der Waals surface area (Å²) in [4.78, 5) is 11.7. The fourth-order valence-electron chi connectivity index (χ4n) is 1.63. The van der Waals surface area contributed by atoms with E-state index in [9.17, 15) is 4.79 Å². The summed E-state index contributed by atoms with van der Waals surface area (Å²) in [6.45, 7) is 3.95. The first-order valence-corrected chi connectivity index (χ1v) is 5.50. The Balaban J connectivity index is 2.48. The third kappa shape index (κ3) is 3.70. The molecule has 0 saturated heterocycles. The molecule has 1 rings (SSSR count). The zero-order valence-corrected chi connectivity index (χ0v) is 9.49. The molecule has 1 aromatic carbocycles. The summed E-state index contributed by atoms with van der Waals surface area (Å²) in [7, 11) is 0. The topological polar surface area (TPSA) is 17.1 Å². The number of rotatable bonds is 5. The van der Waals surface area contributed by atoms with E-state index >= 15 is 0 Å². The van der Waals surface area contributed by atoms with Gasteiger partial charge in [-0.25, -0.2) is 0 Å². The van der Waals surface area contributed by atoms with Gasteiger partial charge in [-0.15, -0.1) is 0 Å². The van der Waals surface area contributed by atoms with Crippen molar-refractivity contribution in [1.82, 2.24) is 0 Å². The molecule has 1 nitrogen and oxygen atoms in total. The number of carbonyl (C=O) groups excluding carboxylic acids is 1. The number of aryl methyl sites for hydroxylation is 1. The molecule has 0 bridgehead atoms. The molecule has 0 amide bonds. The van der Waals surface area contributed by atoms with Crippen molar-refractivity contribution in [3.05, 3.63) is 47.5 Å². The Bertz CT molecular complexity index is 336. The summed E-state index contributed by atoms with van der Waals surface area (Å²) in [6.07, 6.45) is 4.23. The van der Waals surface area contributed by atoms with Crippen LogP contribution in [-0.2, 0) is 11.2 Å². The van der Waals surface area contributed by atoms with E-state index in [1.54, 1.807) is 0 Å². The summed E-state index contributed by atoms with van der Waals surface area (Å²) in [5.41, 5.74) is 2.18. The second-order valence-corrected chi connectivity index (χ2v) is 3.58. The Morgan fingerprint density at radius 1 is 1.27 bits per heavy atom. The summed E-state index contributed by atoms with van der Waals surface area (Å²) < 4.78 is 0. The van der Waals surface area contributed by atoms with Crippen molar-refractivity contribution in [2.45, 2.75) is 33.1 Å². The molecule has 80 valence electrons. The lowest BCUT2D eigenvalue weighted by Crippen LogP contribution is -2.03. The lowest BCUT2D eigenvalue weighted by atomic mass is 10.0. The van der Waals surface area contributed by atoms with E-state index in [0.717, 1.165) is 18.4 Å². The largest absolute Gasteiger partial charge is 0.295 e. The number of hydrogen-bond acceptors (Lipinski definition) is 1. The summed E-state index contributed by atoms with van der Waals surface area (Å²) in [6, 6.07) is 10.1. The third-order valence-corrected chi connectivity index (χ3v) is 2.57. The van der Waals surface area contributed by atoms with E-state index in [1.807, 2.05) is 38.1 Å². The molecule has 0 atom stereocenters. The molecule has 0 spiro atoms. The Morgan fingerprint density at radius 3 is 2.47 bits per heavy atom. The predicted molar refractivity (Wildman–Crippen MR) is 63.8 cm³/mol. The monoisotopic (exact) mass is 202 g/mol. The van der Waals surface area contributed by atoms with Gasteiger partial charge in [0.15, 0.2) is 5.78 Å². The molecule has 0 heterocycles. The van der Waals surface area contributed by atoms with Crippen LogP contribution in [-0.4, -0.2) is 5.78 Å². The average molecular weight is 202 g/mol. The lowest BCUT2D eigenvalue weighted by molar-refractivity contribution is -0.115. The average Bonchev–Trinajstić information content (AvgIpc) is 2.29. The minimum atomic E-state index is 0.281. The van der Waals surface area contributed by atoms with Crippen LogP contribution in [0.25, 0.3) is 0 Å². The molecule has 1 aromatic rings. The van der Waals surface area contributed by atoms with Crippen molar-refractivity contribution < 1.29 is 4.79 Å². The maximum atomic E-state index is 11.7. The van der Waals surface area contributed by atoms with Crippen molar-refractivity contribution in [3.8, 4) is 0 Å². The van der Waals surface area contributed by atoms with Crippen molar-refractivity contribution >= 4 is 5.78 Å². The second kappa shape index (κ2) is 6.18. The number of Topliss-reactive ketones (excluding diaryl/α,β-unsaturated/α-hetero) is 1. The molecule has 1 heteroatoms. The van der Waals surface area contributed by atoms with Crippen LogP contribution in [0.5, 0.6) is 0 Å². The highest BCUT2D eigenvalue weighted by atomic mass is 16.1. The van der Waals surface area contributed by atoms with Crippen molar-refractivity contribution in [2.24, 2.45) is 0 Å². The highest BCUT2D eigenvalue weighted by Crippen LogP contribution is 2.09. The molecule has 0 aromatic heterocycles. The van der Waals surface area contributed by atoms with Gasteiger partial charge in [0.1, 0.15) is 0 Å². The minimum absolute atomic E-state index is 0.281. The first-order valence-electron chi connectivity index (χ1n) is 5.50. The third-order valence-electron chi connectivity index (χ3n) is 2.57. The molecule has 0 unspecified atom stereocenters. The standard InChI is InChI=1S/C14H18O/c1-3-13(4-2)14(15)11-10-12-8-6-5-7-9-12/h3,5-9H,4,10-11H2,1-2H3/b13-3-. The highest BCUT2D eigenvalue weighted by molar-refractivity contribution is 5.95. The van der Waals surface area contributed by atoms with Gasteiger partial charge < -0.3 is 0 Å². The number of hydrogen-bond donors (Lipinski definition) is 0. The molecule has 0 N–H and O–H groups in total. The maximum absolute atomic E-state index is 11.7. The molecule has 15 heavy (non-hydrogen) atoms. The molecule has 0 radical (unpaired) electrons. The number of ketones is 1. The van der Waals surface area contributed by atoms with Crippen LogP contribution in [0.15, 0.2) is 42.0 Å². The van der Waals surface area contributed by atoms with E-state index in [0.29, 0.717) is 6.42 Å². The fourth-order valence-corrected chi connectivity index (χ4v) is 1.63. The Kier molecular flexibility index (Phi) is 4.82. The molecule has 0 saturated carbocycles. The van der Waals surface area contributed by atoms with E-state index in [2.05, 4.69) is 12.1 Å². The molecule has 0 aliphatic rings. The highest BCUT2D eigenvalue weighted by Gasteiger charge is 2.06. The van der Waals surface area contributed by atoms with Gasteiger partial charge in [0.25, 0.3) is 0 Å². The van der Waals surface area contributed by atoms with Gasteiger partial charge >= 0.3 is 0 Å². The van der Waals surface area contributed by atoms with Gasteiger partial charge in [-0.1, -0.05) is 43.3 Å². The SMILES string of the molecule is C/C=C(/CC)C(=O)CCc1ccccc1. The number of allylic oxidation sites excluding steroid dienone is 2. The van der Waals surface area contributed by atoms with Crippen molar-refractivity contribution in [2.75, 3.05) is 0 Å². The molecule has 0 aliphatic carbocycles. The minimum Gasteiger partial charge on any atom is -0.295 e. The van der Waals surface area contributed by atoms with Crippen LogP contribution in [0.2, 0.25) is 0 Å². The normalized spacial score (nSPS) is 11.5. The first kappa shape index (κ1) is 11.7. The van der Waals surface area contributed by atoms with Crippen LogP contribution in [0, 0.1) is 0 Å². The lowest BCUT2D eigenvalue weighted by Gasteiger charge is -2.03. The quantitative estimate of drug-likeness (QED) is 0.667. The van der Waals surface area contributed by atoms with Crippen LogP contribution >= 0.6 is 0 Å². The summed E-state index contributed by atoms with van der Waals surface area (Å²) in [5.74, 6) is 0.281. The van der Waals surface area contributed by atoms with E-state index in [-0.39, 0.29) is 5.78 Å². The maximum Gasteiger partial charge on any atom is 0.158 e. The molecular weight excluding hydrogens is 184 g/mol. The smallest absolute Gasteiger partial charge is 0.158 e. The molecule has 0 aliphatic heterocycles. The second-order valence-electron chi connectivity index (χ2n) is 3.58. The molecule has 0 fully saturated rings. The zero-order chi connectivity index (χ0) is 11.1. The van der Waals surface area contributed by atoms with E-state index in [1.165, 1.54) is 5.56 Å². The van der Waals surface area contributed by atoms with Gasteiger partial charge in [-0.2, -0.15) is 0 Å². The summed E-state index contributed by atoms with van der Waals surface area (Å²) >= 11 is 0. The molecular formula is C14H18O. The van der Waals surface area contributed by atoms with Gasteiger partial charge in [0.05, 0.1) is 0 Å². The van der Waals surface area contributed by atoms with Gasteiger partial charge in [0, 0.05) is 6.42 Å². The number of carbonyl (C=O) groups is 1. The van der Waals surface area contributed by atoms with Gasteiger partial charge in [-0.3, -0.25) is 4.79 Å². The number of benzene rings is 1. The fraction of sp³-hybridized carbons (Fsp3) is 0.357. The van der Waals surface area contributed by atoms with Crippen molar-refractivity contribution in [3.63, 3.8) is 0 Å². The van der Waals surface area contributed by atoms with Gasteiger partial charge in [-0.05, 0) is 30.9 Å². The Hall–Kier alpha value is -1.37. The van der Waals surface area contributed by atoms with Crippen molar-refractivity contribution in [1.29, 1.82) is 0 Å². The van der Waals surface area contributed by atoms with Crippen LogP contribution in [0.3, 0.4) is 0 Å².